The van der Waals surface area contributed by atoms with E-state index >= 15 is 0 Å². The molecule has 1 aliphatic rings. The van der Waals surface area contributed by atoms with E-state index in [1.807, 2.05) is 30.3 Å². The van der Waals surface area contributed by atoms with Crippen molar-refractivity contribution in [3.05, 3.63) is 41.7 Å². The molecule has 1 aliphatic carbocycles. The van der Waals surface area contributed by atoms with Crippen molar-refractivity contribution in [1.29, 1.82) is 0 Å². The highest BCUT2D eigenvalue weighted by atomic mass is 32.2. The smallest absolute Gasteiger partial charge is 0.348 e. The van der Waals surface area contributed by atoms with Crippen LogP contribution < -0.4 is 11.2 Å². The van der Waals surface area contributed by atoms with Gasteiger partial charge in [-0.1, -0.05) is 42.1 Å². The number of halogens is 3. The molecular formula is C15H16F3N5OS. The van der Waals surface area contributed by atoms with E-state index in [1.54, 1.807) is 0 Å². The zero-order valence-electron chi connectivity index (χ0n) is 13.0. The van der Waals surface area contributed by atoms with Crippen LogP contribution in [0.4, 0.5) is 13.2 Å². The Morgan fingerprint density at radius 2 is 2.00 bits per heavy atom. The van der Waals surface area contributed by atoms with Gasteiger partial charge in [0.15, 0.2) is 0 Å². The van der Waals surface area contributed by atoms with Crippen LogP contribution in [0.5, 0.6) is 0 Å². The maximum atomic E-state index is 12.6. The second-order valence-electron chi connectivity index (χ2n) is 5.76. The zero-order chi connectivity index (χ0) is 18.0. The SMILES string of the molecule is Nn1c(SCC(=O)NC(c2ccccc2)C2CC2)nnc1C(F)(F)F. The van der Waals surface area contributed by atoms with E-state index in [4.69, 9.17) is 5.84 Å². The fourth-order valence-corrected chi connectivity index (χ4v) is 3.14. The molecule has 0 bridgehead atoms. The van der Waals surface area contributed by atoms with E-state index in [2.05, 4.69) is 15.5 Å². The second kappa shape index (κ2) is 6.95. The molecule has 1 aromatic carbocycles. The lowest BCUT2D eigenvalue weighted by atomic mass is 10.0. The van der Waals surface area contributed by atoms with Gasteiger partial charge in [-0.2, -0.15) is 13.2 Å². The molecule has 0 saturated heterocycles. The van der Waals surface area contributed by atoms with Crippen LogP contribution in [0.1, 0.15) is 30.3 Å². The molecule has 6 nitrogen and oxygen atoms in total. The van der Waals surface area contributed by atoms with E-state index in [-0.39, 0.29) is 22.9 Å². The maximum Gasteiger partial charge on any atom is 0.453 e. The number of nitrogens with two attached hydrogens (primary N) is 1. The van der Waals surface area contributed by atoms with E-state index < -0.39 is 12.0 Å². The summed E-state index contributed by atoms with van der Waals surface area (Å²) in [6, 6.07) is 9.51. The Balaban J connectivity index is 1.60. The monoisotopic (exact) mass is 371 g/mol. The lowest BCUT2D eigenvalue weighted by Crippen LogP contribution is -2.31. The van der Waals surface area contributed by atoms with Gasteiger partial charge in [0.25, 0.3) is 5.82 Å². The summed E-state index contributed by atoms with van der Waals surface area (Å²) in [5.41, 5.74) is 1.02. The van der Waals surface area contributed by atoms with Crippen LogP contribution in [0.2, 0.25) is 0 Å². The Labute approximate surface area is 146 Å². The van der Waals surface area contributed by atoms with Gasteiger partial charge < -0.3 is 11.2 Å². The number of rotatable bonds is 6. The number of nitrogen functional groups attached to an aromatic ring is 1. The number of nitrogens with zero attached hydrogens (tertiary/aromatic N) is 3. The molecule has 0 radical (unpaired) electrons. The average molecular weight is 371 g/mol. The highest BCUT2D eigenvalue weighted by Gasteiger charge is 2.38. The van der Waals surface area contributed by atoms with Gasteiger partial charge in [0.1, 0.15) is 0 Å². The molecule has 1 saturated carbocycles. The number of alkyl halides is 3. The third-order valence-corrected chi connectivity index (χ3v) is 4.76. The highest BCUT2D eigenvalue weighted by molar-refractivity contribution is 7.99. The number of aromatic nitrogens is 3. The maximum absolute atomic E-state index is 12.6. The summed E-state index contributed by atoms with van der Waals surface area (Å²) in [7, 11) is 0. The number of benzene rings is 1. The minimum atomic E-state index is -4.69. The summed E-state index contributed by atoms with van der Waals surface area (Å²) in [5.74, 6) is 4.06. The normalized spacial score (nSPS) is 15.8. The molecule has 0 spiro atoms. The van der Waals surface area contributed by atoms with Crippen LogP contribution in [-0.2, 0) is 11.0 Å². The van der Waals surface area contributed by atoms with Gasteiger partial charge in [-0.3, -0.25) is 4.79 Å². The molecule has 1 aromatic heterocycles. The Morgan fingerprint density at radius 1 is 1.32 bits per heavy atom. The lowest BCUT2D eigenvalue weighted by molar-refractivity contribution is -0.146. The van der Waals surface area contributed by atoms with Crippen molar-refractivity contribution < 1.29 is 18.0 Å². The molecule has 3 rings (SSSR count). The first-order valence-electron chi connectivity index (χ1n) is 7.61. The second-order valence-corrected chi connectivity index (χ2v) is 6.70. The third-order valence-electron chi connectivity index (χ3n) is 3.82. The third kappa shape index (κ3) is 4.25. The fourth-order valence-electron chi connectivity index (χ4n) is 2.48. The lowest BCUT2D eigenvalue weighted by Gasteiger charge is -2.18. The van der Waals surface area contributed by atoms with Gasteiger partial charge in [-0.25, -0.2) is 4.68 Å². The molecular weight excluding hydrogens is 355 g/mol. The van der Waals surface area contributed by atoms with Gasteiger partial charge in [0.2, 0.25) is 11.1 Å². The Bertz CT molecular complexity index is 745. The van der Waals surface area contributed by atoms with Crippen molar-refractivity contribution in [2.24, 2.45) is 5.92 Å². The van der Waals surface area contributed by atoms with E-state index in [1.165, 1.54) is 0 Å². The van der Waals surface area contributed by atoms with Crippen molar-refractivity contribution in [3.8, 4) is 0 Å². The van der Waals surface area contributed by atoms with Crippen LogP contribution in [-0.4, -0.2) is 26.5 Å². The summed E-state index contributed by atoms with van der Waals surface area (Å²) < 4.78 is 38.2. The first-order chi connectivity index (χ1) is 11.9. The number of thioether (sulfide) groups is 1. The Morgan fingerprint density at radius 3 is 2.56 bits per heavy atom. The Kier molecular flexibility index (Phi) is 4.89. The van der Waals surface area contributed by atoms with Crippen LogP contribution in [0.3, 0.4) is 0 Å². The standard InChI is InChI=1S/C15H16F3N5OS/c16-15(17,18)13-21-22-14(23(13)19)25-8-11(24)20-12(10-6-7-10)9-4-2-1-3-5-9/h1-5,10,12H,6-8,19H2,(H,20,24). The van der Waals surface area contributed by atoms with E-state index in [9.17, 15) is 18.0 Å². The topological polar surface area (TPSA) is 85.8 Å². The van der Waals surface area contributed by atoms with Gasteiger partial charge in [0.05, 0.1) is 11.8 Å². The summed E-state index contributed by atoms with van der Waals surface area (Å²) in [6.45, 7) is 0. The summed E-state index contributed by atoms with van der Waals surface area (Å²) in [5, 5.41) is 9.19. The van der Waals surface area contributed by atoms with E-state index in [0.29, 0.717) is 10.6 Å². The van der Waals surface area contributed by atoms with E-state index in [0.717, 1.165) is 30.2 Å². The molecule has 1 fully saturated rings. The number of amides is 1. The summed E-state index contributed by atoms with van der Waals surface area (Å²) in [4.78, 5) is 12.2. The van der Waals surface area contributed by atoms with Gasteiger partial charge in [0, 0.05) is 0 Å². The highest BCUT2D eigenvalue weighted by Crippen LogP contribution is 2.41. The van der Waals surface area contributed by atoms with Gasteiger partial charge in [-0.15, -0.1) is 10.2 Å². The molecule has 1 amide bonds. The van der Waals surface area contributed by atoms with Crippen LogP contribution in [0.15, 0.2) is 35.5 Å². The molecule has 1 heterocycles. The molecule has 1 unspecified atom stereocenters. The molecule has 0 aliphatic heterocycles. The van der Waals surface area contributed by atoms with Crippen molar-refractivity contribution in [2.75, 3.05) is 11.6 Å². The van der Waals surface area contributed by atoms with Crippen LogP contribution in [0.25, 0.3) is 0 Å². The summed E-state index contributed by atoms with van der Waals surface area (Å²) >= 11 is 0.814. The molecule has 3 N–H and O–H groups in total. The quantitative estimate of drug-likeness (QED) is 0.601. The number of hydrogen-bond acceptors (Lipinski definition) is 5. The molecule has 25 heavy (non-hydrogen) atoms. The fraction of sp³-hybridized carbons (Fsp3) is 0.400. The van der Waals surface area contributed by atoms with Crippen molar-refractivity contribution >= 4 is 17.7 Å². The largest absolute Gasteiger partial charge is 0.453 e. The first kappa shape index (κ1) is 17.6. The van der Waals surface area contributed by atoms with Gasteiger partial charge >= 0.3 is 6.18 Å². The summed E-state index contributed by atoms with van der Waals surface area (Å²) in [6.07, 6.45) is -2.61. The first-order valence-corrected chi connectivity index (χ1v) is 8.59. The van der Waals surface area contributed by atoms with Crippen LogP contribution >= 0.6 is 11.8 Å². The predicted octanol–water partition coefficient (Wildman–Crippen LogP) is 2.37. The van der Waals surface area contributed by atoms with Crippen molar-refractivity contribution in [2.45, 2.75) is 30.2 Å². The predicted molar refractivity (Wildman–Crippen MR) is 85.9 cm³/mol. The zero-order valence-corrected chi connectivity index (χ0v) is 13.8. The number of hydrogen-bond donors (Lipinski definition) is 2. The molecule has 2 aromatic rings. The molecule has 1 atom stereocenters. The number of carbonyl (C=O) groups excluding carboxylic acids is 1. The average Bonchev–Trinajstić information content (AvgIpc) is 3.33. The number of carbonyl (C=O) groups is 1. The number of nitrogens with one attached hydrogen (secondary N) is 1. The molecule has 134 valence electrons. The van der Waals surface area contributed by atoms with Crippen LogP contribution in [0, 0.1) is 5.92 Å². The molecule has 10 heteroatoms. The van der Waals surface area contributed by atoms with Crippen molar-refractivity contribution in [3.63, 3.8) is 0 Å². The van der Waals surface area contributed by atoms with Crippen molar-refractivity contribution in [1.82, 2.24) is 20.2 Å². The van der Waals surface area contributed by atoms with Gasteiger partial charge in [-0.05, 0) is 24.3 Å². The minimum Gasteiger partial charge on any atom is -0.348 e. The minimum absolute atomic E-state index is 0.0872. The Hall–Kier alpha value is -2.23.